The van der Waals surface area contributed by atoms with Gasteiger partial charge in [-0.1, -0.05) is 17.7 Å². The highest BCUT2D eigenvalue weighted by Gasteiger charge is 2.31. The number of urea groups is 1. The number of fused-ring (bicyclic) bond motifs is 3. The van der Waals surface area contributed by atoms with Gasteiger partial charge in [-0.15, -0.1) is 0 Å². The van der Waals surface area contributed by atoms with Gasteiger partial charge in [0.05, 0.1) is 29.7 Å². The molecule has 10 heteroatoms. The molecule has 6 nitrogen and oxygen atoms in total. The van der Waals surface area contributed by atoms with Gasteiger partial charge in [0.25, 0.3) is 5.56 Å². The molecule has 0 spiro atoms. The Balaban J connectivity index is 1.74. The van der Waals surface area contributed by atoms with E-state index in [9.17, 15) is 22.8 Å². The summed E-state index contributed by atoms with van der Waals surface area (Å²) < 4.78 is 46.8. The molecule has 0 fully saturated rings. The fraction of sp³-hybridized carbons (Fsp3) is 0.200. The normalized spacial score (nSPS) is 15.7. The maximum absolute atomic E-state index is 14.3. The summed E-state index contributed by atoms with van der Waals surface area (Å²) in [6, 6.07) is 4.71. The third-order valence-corrected chi connectivity index (χ3v) is 5.31. The van der Waals surface area contributed by atoms with Crippen molar-refractivity contribution in [2.75, 3.05) is 19.0 Å². The van der Waals surface area contributed by atoms with Crippen LogP contribution in [0.1, 0.15) is 17.3 Å². The van der Waals surface area contributed by atoms with Crippen molar-refractivity contribution >= 4 is 34.1 Å². The van der Waals surface area contributed by atoms with Crippen LogP contribution in [-0.4, -0.2) is 29.6 Å². The first kappa shape index (κ1) is 20.2. The summed E-state index contributed by atoms with van der Waals surface area (Å²) in [5, 5.41) is 2.22. The molecule has 1 aliphatic heterocycles. The van der Waals surface area contributed by atoms with E-state index in [-0.39, 0.29) is 29.3 Å². The zero-order chi connectivity index (χ0) is 21.6. The Morgan fingerprint density at radius 1 is 1.23 bits per heavy atom. The number of hydrogen-bond donors (Lipinski definition) is 2. The van der Waals surface area contributed by atoms with Gasteiger partial charge in [-0.2, -0.15) is 0 Å². The number of carbonyl (C=O) groups excluding carboxylic acids is 1. The number of aromatic nitrogens is 1. The van der Waals surface area contributed by atoms with Crippen LogP contribution in [-0.2, 0) is 11.3 Å². The Morgan fingerprint density at radius 3 is 2.70 bits per heavy atom. The lowest BCUT2D eigenvalue weighted by molar-refractivity contribution is 0.0527. The number of benzene rings is 2. The second-order valence-corrected chi connectivity index (χ2v) is 7.24. The number of aromatic amines is 1. The predicted octanol–water partition coefficient (Wildman–Crippen LogP) is 4.33. The van der Waals surface area contributed by atoms with Crippen LogP contribution >= 0.6 is 11.6 Å². The van der Waals surface area contributed by atoms with Gasteiger partial charge in [-0.05, 0) is 29.7 Å². The number of carbonyl (C=O) groups is 1. The van der Waals surface area contributed by atoms with Gasteiger partial charge >= 0.3 is 6.03 Å². The number of halogens is 4. The van der Waals surface area contributed by atoms with Crippen molar-refractivity contribution in [1.82, 2.24) is 9.88 Å². The summed E-state index contributed by atoms with van der Waals surface area (Å²) >= 11 is 5.74. The van der Waals surface area contributed by atoms with Crippen LogP contribution in [0.3, 0.4) is 0 Å². The van der Waals surface area contributed by atoms with Crippen LogP contribution < -0.4 is 10.9 Å². The largest absolute Gasteiger partial charge is 0.373 e. The average molecular weight is 438 g/mol. The first-order valence-electron chi connectivity index (χ1n) is 8.87. The number of amides is 2. The Labute approximate surface area is 173 Å². The number of H-pyrrole nitrogens is 1. The first-order valence-corrected chi connectivity index (χ1v) is 9.25. The highest BCUT2D eigenvalue weighted by molar-refractivity contribution is 6.31. The van der Waals surface area contributed by atoms with E-state index < -0.39 is 40.5 Å². The minimum atomic E-state index is -1.25. The van der Waals surface area contributed by atoms with Crippen molar-refractivity contribution in [1.29, 1.82) is 0 Å². The molecule has 0 unspecified atom stereocenters. The van der Waals surface area contributed by atoms with Crippen molar-refractivity contribution < 1.29 is 22.7 Å². The number of anilines is 1. The molecule has 3 aromatic rings. The Hall–Kier alpha value is -3.04. The summed E-state index contributed by atoms with van der Waals surface area (Å²) in [6.07, 6.45) is 0. The number of likely N-dealkylation sites (N-methyl/N-ethyl adjacent to an activating group) is 1. The quantitative estimate of drug-likeness (QED) is 0.626. The zero-order valence-electron chi connectivity index (χ0n) is 15.6. The van der Waals surface area contributed by atoms with Gasteiger partial charge < -0.3 is 19.9 Å². The van der Waals surface area contributed by atoms with Gasteiger partial charge in [0.15, 0.2) is 11.6 Å². The molecular formula is C20H15ClF3N3O3. The van der Waals surface area contributed by atoms with Gasteiger partial charge in [-0.25, -0.2) is 18.0 Å². The third-order valence-electron chi connectivity index (χ3n) is 5.02. The highest BCUT2D eigenvalue weighted by Crippen LogP contribution is 2.34. The molecule has 1 atom stereocenters. The summed E-state index contributed by atoms with van der Waals surface area (Å²) in [5.74, 6) is -3.02. The molecule has 2 N–H and O–H groups in total. The first-order chi connectivity index (χ1) is 14.3. The minimum absolute atomic E-state index is 0.0546. The van der Waals surface area contributed by atoms with Gasteiger partial charge in [0, 0.05) is 24.0 Å². The Morgan fingerprint density at radius 2 is 1.97 bits per heavy atom. The Bertz CT molecular complexity index is 1230. The molecule has 0 bridgehead atoms. The topological polar surface area (TPSA) is 74.4 Å². The molecule has 0 saturated heterocycles. The van der Waals surface area contributed by atoms with E-state index in [1.807, 2.05) is 0 Å². The van der Waals surface area contributed by atoms with Gasteiger partial charge in [-0.3, -0.25) is 4.79 Å². The van der Waals surface area contributed by atoms with Crippen molar-refractivity contribution in [2.24, 2.45) is 0 Å². The predicted molar refractivity (Wildman–Crippen MR) is 105 cm³/mol. The second kappa shape index (κ2) is 7.66. The smallest absolute Gasteiger partial charge is 0.322 e. The van der Waals surface area contributed by atoms with E-state index in [0.29, 0.717) is 11.3 Å². The molecule has 4 rings (SSSR count). The maximum atomic E-state index is 14.3. The van der Waals surface area contributed by atoms with E-state index in [4.69, 9.17) is 16.3 Å². The molecule has 1 aliphatic rings. The number of hydrogen-bond acceptors (Lipinski definition) is 3. The highest BCUT2D eigenvalue weighted by atomic mass is 35.5. The lowest BCUT2D eigenvalue weighted by Crippen LogP contribution is -2.40. The Kier molecular flexibility index (Phi) is 5.17. The lowest BCUT2D eigenvalue weighted by Gasteiger charge is -2.33. The number of ether oxygens (including phenoxy) is 1. The molecule has 0 saturated carbocycles. The SMILES string of the molecule is CN(C(=O)Nc1ccc(F)c(Cl)c1)[C@H]1COCc2[nH]c(=O)c3c(F)c(F)ccc3c21. The summed E-state index contributed by atoms with van der Waals surface area (Å²) in [6.45, 7) is 0.125. The third kappa shape index (κ3) is 3.40. The fourth-order valence-electron chi connectivity index (χ4n) is 3.51. The van der Waals surface area contributed by atoms with E-state index >= 15 is 0 Å². The molecule has 2 aromatic carbocycles. The number of nitrogens with one attached hydrogen (secondary N) is 2. The standard InChI is InChI=1S/C20H15ClF3N3O3/c1-27(20(29)25-9-2-4-12(22)11(21)6-9)15-8-30-7-14-16(15)10-3-5-13(23)18(24)17(10)19(28)26-14/h2-6,15H,7-8H2,1H3,(H,25,29)(H,26,28)/t15-/m0/s1. The van der Waals surface area contributed by atoms with Crippen LogP contribution in [0.4, 0.5) is 23.7 Å². The van der Waals surface area contributed by atoms with E-state index in [0.717, 1.165) is 12.1 Å². The molecule has 2 amide bonds. The van der Waals surface area contributed by atoms with Crippen molar-refractivity contribution in [3.05, 3.63) is 74.4 Å². The number of rotatable bonds is 2. The molecule has 1 aromatic heterocycles. The maximum Gasteiger partial charge on any atom is 0.322 e. The van der Waals surface area contributed by atoms with Crippen molar-refractivity contribution in [3.8, 4) is 0 Å². The van der Waals surface area contributed by atoms with Crippen LogP contribution in [0.15, 0.2) is 35.1 Å². The molecular weight excluding hydrogens is 423 g/mol. The average Bonchev–Trinajstić information content (AvgIpc) is 2.72. The molecule has 0 radical (unpaired) electrons. The summed E-state index contributed by atoms with van der Waals surface area (Å²) in [7, 11) is 1.49. The molecule has 156 valence electrons. The van der Waals surface area contributed by atoms with Crippen LogP contribution in [0, 0.1) is 17.5 Å². The number of nitrogens with zero attached hydrogens (tertiary/aromatic N) is 1. The fourth-order valence-corrected chi connectivity index (χ4v) is 3.69. The van der Waals surface area contributed by atoms with Crippen LogP contribution in [0.25, 0.3) is 10.8 Å². The van der Waals surface area contributed by atoms with Crippen molar-refractivity contribution in [2.45, 2.75) is 12.6 Å². The zero-order valence-corrected chi connectivity index (χ0v) is 16.3. The van der Waals surface area contributed by atoms with Crippen LogP contribution in [0.2, 0.25) is 5.02 Å². The minimum Gasteiger partial charge on any atom is -0.373 e. The van der Waals surface area contributed by atoms with E-state index in [1.54, 1.807) is 0 Å². The molecule has 2 heterocycles. The van der Waals surface area contributed by atoms with Crippen molar-refractivity contribution in [3.63, 3.8) is 0 Å². The summed E-state index contributed by atoms with van der Waals surface area (Å²) in [4.78, 5) is 28.9. The summed E-state index contributed by atoms with van der Waals surface area (Å²) in [5.41, 5.74) is 0.330. The van der Waals surface area contributed by atoms with Gasteiger partial charge in [0.2, 0.25) is 0 Å². The molecule has 0 aliphatic carbocycles. The lowest BCUT2D eigenvalue weighted by atomic mass is 9.95. The van der Waals surface area contributed by atoms with Crippen LogP contribution in [0.5, 0.6) is 0 Å². The number of pyridine rings is 1. The van der Waals surface area contributed by atoms with Gasteiger partial charge in [0.1, 0.15) is 5.82 Å². The molecule has 30 heavy (non-hydrogen) atoms. The van der Waals surface area contributed by atoms with E-state index in [2.05, 4.69) is 10.3 Å². The van der Waals surface area contributed by atoms with E-state index in [1.165, 1.54) is 30.1 Å². The second-order valence-electron chi connectivity index (χ2n) is 6.83. The monoisotopic (exact) mass is 437 g/mol.